The fraction of sp³-hybridized carbons (Fsp3) is 0.647. The summed E-state index contributed by atoms with van der Waals surface area (Å²) in [4.78, 5) is 21.7. The minimum Gasteiger partial charge on any atom is -0.456 e. The SMILES string of the molecule is CC=CC(=O)OCC(F)(F)C(F)(F)C(F)(F)C(F)(F)C(F)(F)C(F)(F)C(F)(F)COC(=O)C=CC. The van der Waals surface area contributed by atoms with E-state index in [-0.39, 0.29) is 12.2 Å². The number of halogens is 14. The first-order valence-corrected chi connectivity index (χ1v) is 8.65. The maximum absolute atomic E-state index is 13.7. The van der Waals surface area contributed by atoms with Gasteiger partial charge in [0, 0.05) is 12.2 Å². The Labute approximate surface area is 186 Å². The van der Waals surface area contributed by atoms with Gasteiger partial charge in [-0.25, -0.2) is 9.59 Å². The Kier molecular flexibility index (Phi) is 9.45. The number of allylic oxidation sites excluding steroid dienone is 2. The molecule has 0 saturated heterocycles. The van der Waals surface area contributed by atoms with Crippen molar-refractivity contribution in [3.05, 3.63) is 24.3 Å². The van der Waals surface area contributed by atoms with Gasteiger partial charge in [0.15, 0.2) is 13.2 Å². The lowest BCUT2D eigenvalue weighted by molar-refractivity contribution is -0.443. The highest BCUT2D eigenvalue weighted by Crippen LogP contribution is 2.62. The van der Waals surface area contributed by atoms with Gasteiger partial charge in [0.25, 0.3) is 0 Å². The lowest BCUT2D eigenvalue weighted by Gasteiger charge is -2.42. The molecule has 204 valence electrons. The molecule has 0 fully saturated rings. The van der Waals surface area contributed by atoms with Gasteiger partial charge in [-0.05, 0) is 13.8 Å². The summed E-state index contributed by atoms with van der Waals surface area (Å²) < 4.78 is 198. The zero-order valence-electron chi connectivity index (χ0n) is 17.1. The second-order valence-corrected chi connectivity index (χ2v) is 6.50. The third kappa shape index (κ3) is 5.65. The largest absolute Gasteiger partial charge is 0.456 e. The van der Waals surface area contributed by atoms with Gasteiger partial charge in [-0.1, -0.05) is 12.2 Å². The van der Waals surface area contributed by atoms with Crippen LogP contribution in [0.3, 0.4) is 0 Å². The summed E-state index contributed by atoms with van der Waals surface area (Å²) in [6, 6.07) is 0. The molecule has 35 heavy (non-hydrogen) atoms. The van der Waals surface area contributed by atoms with Crippen LogP contribution in [0.5, 0.6) is 0 Å². The molecular weight excluding hydrogens is 534 g/mol. The molecule has 0 aromatic carbocycles. The molecule has 0 rings (SSSR count). The normalized spacial score (nSPS) is 15.1. The number of carbonyl (C=O) groups excluding carboxylic acids is 2. The monoisotopic (exact) mass is 548 g/mol. The van der Waals surface area contributed by atoms with Crippen molar-refractivity contribution in [1.29, 1.82) is 0 Å². The van der Waals surface area contributed by atoms with Gasteiger partial charge in [0.1, 0.15) is 0 Å². The summed E-state index contributed by atoms with van der Waals surface area (Å²) >= 11 is 0. The van der Waals surface area contributed by atoms with Crippen LogP contribution < -0.4 is 0 Å². The highest BCUT2D eigenvalue weighted by molar-refractivity contribution is 5.82. The third-order valence-electron chi connectivity index (χ3n) is 3.89. The van der Waals surface area contributed by atoms with E-state index in [1.165, 1.54) is 0 Å². The molecule has 0 aliphatic heterocycles. The van der Waals surface area contributed by atoms with Gasteiger partial charge in [-0.2, -0.15) is 61.5 Å². The van der Waals surface area contributed by atoms with Gasteiger partial charge in [0.2, 0.25) is 0 Å². The summed E-state index contributed by atoms with van der Waals surface area (Å²) in [5.41, 5.74) is 0. The number of ether oxygens (including phenoxy) is 2. The lowest BCUT2D eigenvalue weighted by Crippen LogP contribution is -2.73. The first-order valence-electron chi connectivity index (χ1n) is 8.65. The van der Waals surface area contributed by atoms with E-state index in [1.807, 2.05) is 0 Å². The number of hydrogen-bond acceptors (Lipinski definition) is 4. The highest BCUT2D eigenvalue weighted by atomic mass is 19.4. The van der Waals surface area contributed by atoms with Crippen LogP contribution in [-0.2, 0) is 19.1 Å². The van der Waals surface area contributed by atoms with Crippen molar-refractivity contribution in [1.82, 2.24) is 0 Å². The van der Waals surface area contributed by atoms with E-state index in [9.17, 15) is 71.1 Å². The molecule has 0 aromatic rings. The molecule has 18 heteroatoms. The van der Waals surface area contributed by atoms with E-state index in [4.69, 9.17) is 0 Å². The summed E-state index contributed by atoms with van der Waals surface area (Å²) in [5.74, 6) is -57.0. The average molecular weight is 548 g/mol. The van der Waals surface area contributed by atoms with Crippen molar-refractivity contribution < 1.29 is 80.5 Å². The zero-order valence-corrected chi connectivity index (χ0v) is 17.1. The van der Waals surface area contributed by atoms with Crippen molar-refractivity contribution in [2.45, 2.75) is 55.3 Å². The van der Waals surface area contributed by atoms with Gasteiger partial charge >= 0.3 is 53.4 Å². The third-order valence-corrected chi connectivity index (χ3v) is 3.89. The molecule has 0 bridgehead atoms. The Morgan fingerprint density at radius 3 is 0.971 bits per heavy atom. The zero-order chi connectivity index (χ0) is 28.3. The fourth-order valence-corrected chi connectivity index (χ4v) is 1.92. The molecule has 0 radical (unpaired) electrons. The van der Waals surface area contributed by atoms with E-state index >= 15 is 0 Å². The molecule has 0 heterocycles. The molecule has 0 spiro atoms. The number of carbonyl (C=O) groups is 2. The molecule has 0 unspecified atom stereocenters. The maximum Gasteiger partial charge on any atom is 0.384 e. The average Bonchev–Trinajstić information content (AvgIpc) is 2.70. The standard InChI is InChI=1S/C17H14F14O4/c1-3-5-9(32)34-7-11(18,19)13(22,23)15(26,27)17(30,31)16(28,29)14(24,25)12(20,21)8-35-10(33)6-4-2/h3-6H,7-8H2,1-2H3. The van der Waals surface area contributed by atoms with Crippen molar-refractivity contribution in [3.63, 3.8) is 0 Å². The Morgan fingerprint density at radius 1 is 0.514 bits per heavy atom. The second-order valence-electron chi connectivity index (χ2n) is 6.50. The summed E-state index contributed by atoms with van der Waals surface area (Å²) in [5, 5.41) is 0. The van der Waals surface area contributed by atoms with E-state index in [1.54, 1.807) is 0 Å². The Balaban J connectivity index is 6.31. The lowest BCUT2D eigenvalue weighted by atomic mass is 9.89. The molecule has 0 aliphatic rings. The molecule has 0 atom stereocenters. The number of esters is 2. The molecule has 0 aliphatic carbocycles. The van der Waals surface area contributed by atoms with Crippen molar-refractivity contribution in [2.24, 2.45) is 0 Å². The summed E-state index contributed by atoms with van der Waals surface area (Å²) in [6.07, 6.45) is 2.00. The van der Waals surface area contributed by atoms with Crippen LogP contribution in [0.15, 0.2) is 24.3 Å². The molecule has 0 N–H and O–H groups in total. The van der Waals surface area contributed by atoms with E-state index < -0.39 is 66.6 Å². The maximum atomic E-state index is 13.7. The Morgan fingerprint density at radius 2 is 0.743 bits per heavy atom. The highest BCUT2D eigenvalue weighted by Gasteiger charge is 2.92. The summed E-state index contributed by atoms with van der Waals surface area (Å²) in [7, 11) is 0. The smallest absolute Gasteiger partial charge is 0.384 e. The van der Waals surface area contributed by atoms with Crippen LogP contribution in [0.4, 0.5) is 61.5 Å². The minimum atomic E-state index is -8.29. The second kappa shape index (κ2) is 10.2. The van der Waals surface area contributed by atoms with Gasteiger partial charge in [-0.3, -0.25) is 0 Å². The van der Waals surface area contributed by atoms with Gasteiger partial charge < -0.3 is 9.47 Å². The van der Waals surface area contributed by atoms with Gasteiger partial charge in [0.05, 0.1) is 0 Å². The predicted molar refractivity (Wildman–Crippen MR) is 86.2 cm³/mol. The first-order chi connectivity index (χ1) is 15.4. The fourth-order valence-electron chi connectivity index (χ4n) is 1.92. The van der Waals surface area contributed by atoms with Crippen LogP contribution >= 0.6 is 0 Å². The minimum absolute atomic E-state index is 0.251. The van der Waals surface area contributed by atoms with Crippen LogP contribution in [0.25, 0.3) is 0 Å². The van der Waals surface area contributed by atoms with E-state index in [2.05, 4.69) is 9.47 Å². The van der Waals surface area contributed by atoms with E-state index in [0.717, 1.165) is 26.0 Å². The number of alkyl halides is 14. The molecule has 0 saturated carbocycles. The summed E-state index contributed by atoms with van der Waals surface area (Å²) in [6.45, 7) is -4.17. The Bertz CT molecular complexity index is 767. The van der Waals surface area contributed by atoms with Crippen molar-refractivity contribution in [2.75, 3.05) is 13.2 Å². The van der Waals surface area contributed by atoms with Gasteiger partial charge in [-0.15, -0.1) is 0 Å². The van der Waals surface area contributed by atoms with Crippen molar-refractivity contribution >= 4 is 11.9 Å². The molecule has 0 amide bonds. The topological polar surface area (TPSA) is 52.6 Å². The van der Waals surface area contributed by atoms with E-state index in [0.29, 0.717) is 0 Å². The first kappa shape index (κ1) is 32.4. The number of rotatable bonds is 12. The quantitative estimate of drug-likeness (QED) is 0.179. The van der Waals surface area contributed by atoms with Crippen LogP contribution in [0, 0.1) is 0 Å². The van der Waals surface area contributed by atoms with Crippen molar-refractivity contribution in [3.8, 4) is 0 Å². The predicted octanol–water partition coefficient (Wildman–Crippen LogP) is 5.67. The van der Waals surface area contributed by atoms with Crippen LogP contribution in [-0.4, -0.2) is 66.6 Å². The van der Waals surface area contributed by atoms with Crippen LogP contribution in [0.2, 0.25) is 0 Å². The number of hydrogen-bond donors (Lipinski definition) is 0. The molecule has 0 aromatic heterocycles. The molecular formula is C17H14F14O4. The van der Waals surface area contributed by atoms with Crippen LogP contribution in [0.1, 0.15) is 13.8 Å². The Hall–Kier alpha value is -2.56. The molecule has 4 nitrogen and oxygen atoms in total.